The standard InChI is InChI=1S/C16H15N3O8/c17-14-12(15(22)23)8-3-1-7(2-4-9(8)13(14)16(24)25)5-10(20)19-27-6-11(21)18-26/h1-4,26H,5-6,17H2,(H,18,21)(H,19,20)(H,22,23)(H,24,25). The van der Waals surface area contributed by atoms with Crippen molar-refractivity contribution in [1.29, 1.82) is 0 Å². The van der Waals surface area contributed by atoms with Gasteiger partial charge in [-0.05, 0) is 16.7 Å². The first-order valence-electron chi connectivity index (χ1n) is 7.40. The lowest BCUT2D eigenvalue weighted by atomic mass is 10.1. The third-order valence-corrected chi connectivity index (χ3v) is 3.60. The van der Waals surface area contributed by atoms with Crippen molar-refractivity contribution >= 4 is 29.4 Å². The Kier molecular flexibility index (Phi) is 5.90. The first-order valence-corrected chi connectivity index (χ1v) is 7.40. The number of fused-ring (bicyclic) bond motifs is 1. The number of amides is 2. The molecule has 0 aliphatic heterocycles. The van der Waals surface area contributed by atoms with Crippen LogP contribution in [0.25, 0.3) is 11.1 Å². The van der Waals surface area contributed by atoms with Crippen molar-refractivity contribution in [3.05, 3.63) is 41.0 Å². The van der Waals surface area contributed by atoms with Crippen LogP contribution >= 0.6 is 0 Å². The van der Waals surface area contributed by atoms with Crippen molar-refractivity contribution in [2.45, 2.75) is 6.42 Å². The number of nitrogens with one attached hydrogen (secondary N) is 2. The maximum Gasteiger partial charge on any atom is 0.338 e. The largest absolute Gasteiger partial charge is 0.478 e. The van der Waals surface area contributed by atoms with Gasteiger partial charge in [-0.15, -0.1) is 0 Å². The number of carboxylic acid groups (broad SMARTS) is 2. The molecule has 7 N–H and O–H groups in total. The smallest absolute Gasteiger partial charge is 0.338 e. The highest BCUT2D eigenvalue weighted by molar-refractivity contribution is 6.14. The summed E-state index contributed by atoms with van der Waals surface area (Å²) < 4.78 is 0. The van der Waals surface area contributed by atoms with Gasteiger partial charge in [-0.25, -0.2) is 20.5 Å². The van der Waals surface area contributed by atoms with Crippen LogP contribution in [0.3, 0.4) is 0 Å². The van der Waals surface area contributed by atoms with Gasteiger partial charge in [-0.2, -0.15) is 0 Å². The number of hydrogen-bond donors (Lipinski definition) is 6. The molecular formula is C16H15N3O8. The summed E-state index contributed by atoms with van der Waals surface area (Å²) in [5.41, 5.74) is 8.66. The molecule has 0 bridgehead atoms. The van der Waals surface area contributed by atoms with Crippen molar-refractivity contribution in [1.82, 2.24) is 11.0 Å². The van der Waals surface area contributed by atoms with E-state index in [4.69, 9.17) is 10.9 Å². The first kappa shape index (κ1) is 19.6. The molecule has 142 valence electrons. The summed E-state index contributed by atoms with van der Waals surface area (Å²) in [6, 6.07) is 5.62. The van der Waals surface area contributed by atoms with E-state index in [1.54, 1.807) is 0 Å². The van der Waals surface area contributed by atoms with Crippen LogP contribution in [0.4, 0.5) is 5.69 Å². The van der Waals surface area contributed by atoms with E-state index in [9.17, 15) is 29.4 Å². The number of carbonyl (C=O) groups excluding carboxylic acids is 2. The third kappa shape index (κ3) is 4.29. The Bertz CT molecular complexity index is 844. The number of carbonyl (C=O) groups is 4. The van der Waals surface area contributed by atoms with Crippen LogP contribution in [0.1, 0.15) is 26.3 Å². The van der Waals surface area contributed by atoms with Gasteiger partial charge in [0.2, 0.25) is 5.91 Å². The van der Waals surface area contributed by atoms with Crippen molar-refractivity contribution in [2.24, 2.45) is 0 Å². The minimum Gasteiger partial charge on any atom is -0.478 e. The monoisotopic (exact) mass is 377 g/mol. The van der Waals surface area contributed by atoms with E-state index < -0.39 is 30.4 Å². The van der Waals surface area contributed by atoms with Gasteiger partial charge in [-0.3, -0.25) is 19.6 Å². The van der Waals surface area contributed by atoms with E-state index in [1.165, 1.54) is 29.7 Å². The van der Waals surface area contributed by atoms with Crippen LogP contribution in [0.2, 0.25) is 0 Å². The van der Waals surface area contributed by atoms with Crippen LogP contribution < -0.4 is 16.7 Å². The molecular weight excluding hydrogens is 362 g/mol. The van der Waals surface area contributed by atoms with Gasteiger partial charge < -0.3 is 15.9 Å². The van der Waals surface area contributed by atoms with Gasteiger partial charge >= 0.3 is 11.9 Å². The molecule has 0 spiro atoms. The molecule has 0 saturated heterocycles. The predicted octanol–water partition coefficient (Wildman–Crippen LogP) is -0.134. The van der Waals surface area contributed by atoms with Crippen molar-refractivity contribution in [3.63, 3.8) is 0 Å². The second-order valence-electron chi connectivity index (χ2n) is 5.37. The molecule has 0 aromatic carbocycles. The van der Waals surface area contributed by atoms with E-state index in [0.717, 1.165) is 0 Å². The van der Waals surface area contributed by atoms with Crippen LogP contribution in [0.15, 0.2) is 24.3 Å². The van der Waals surface area contributed by atoms with Crippen molar-refractivity contribution in [3.8, 4) is 11.1 Å². The maximum atomic E-state index is 11.8. The zero-order valence-corrected chi connectivity index (χ0v) is 13.7. The molecule has 11 heteroatoms. The lowest BCUT2D eigenvalue weighted by Crippen LogP contribution is -2.32. The number of hydroxylamine groups is 2. The van der Waals surface area contributed by atoms with Gasteiger partial charge in [0.1, 0.15) is 0 Å². The lowest BCUT2D eigenvalue weighted by Gasteiger charge is -2.04. The second-order valence-corrected chi connectivity index (χ2v) is 5.37. The highest BCUT2D eigenvalue weighted by Crippen LogP contribution is 2.38. The molecule has 0 heterocycles. The molecule has 0 unspecified atom stereocenters. The highest BCUT2D eigenvalue weighted by Gasteiger charge is 2.28. The van der Waals surface area contributed by atoms with E-state index >= 15 is 0 Å². The number of hydrogen-bond acceptors (Lipinski definition) is 7. The predicted molar refractivity (Wildman–Crippen MR) is 89.1 cm³/mol. The van der Waals surface area contributed by atoms with E-state index in [-0.39, 0.29) is 34.4 Å². The summed E-state index contributed by atoms with van der Waals surface area (Å²) in [6.45, 7) is -0.595. The molecule has 2 amide bonds. The maximum absolute atomic E-state index is 11.8. The number of anilines is 1. The summed E-state index contributed by atoms with van der Waals surface area (Å²) in [4.78, 5) is 50.0. The van der Waals surface area contributed by atoms with E-state index in [2.05, 4.69) is 4.84 Å². The van der Waals surface area contributed by atoms with Gasteiger partial charge in [0, 0.05) is 0 Å². The fraction of sp³-hybridized carbons (Fsp3) is 0.125. The van der Waals surface area contributed by atoms with Gasteiger partial charge in [0.15, 0.2) is 6.61 Å². The molecule has 11 nitrogen and oxygen atoms in total. The fourth-order valence-corrected chi connectivity index (χ4v) is 2.48. The molecule has 27 heavy (non-hydrogen) atoms. The Labute approximate surface area is 151 Å². The van der Waals surface area contributed by atoms with Crippen molar-refractivity contribution in [2.75, 3.05) is 12.3 Å². The normalized spacial score (nSPS) is 10.4. The van der Waals surface area contributed by atoms with Gasteiger partial charge in [0.05, 0.1) is 23.2 Å². The molecule has 2 aliphatic rings. The highest BCUT2D eigenvalue weighted by atomic mass is 16.7. The molecule has 0 aromatic heterocycles. The minimum atomic E-state index is -1.37. The van der Waals surface area contributed by atoms with Gasteiger partial charge in [0.25, 0.3) is 5.91 Å². The Morgan fingerprint density at radius 3 is 1.89 bits per heavy atom. The molecule has 0 saturated carbocycles. The summed E-state index contributed by atoms with van der Waals surface area (Å²) >= 11 is 0. The van der Waals surface area contributed by atoms with E-state index in [0.29, 0.717) is 5.56 Å². The summed E-state index contributed by atoms with van der Waals surface area (Å²) in [7, 11) is 0. The number of aromatic carboxylic acids is 2. The number of nitrogens with two attached hydrogens (primary N) is 1. The molecule has 0 fully saturated rings. The Balaban J connectivity index is 2.28. The SMILES string of the molecule is Nc1c(C(=O)O)c2ccc(CC(=O)NOCC(=O)NO)ccc-2c1C(=O)O. The Morgan fingerprint density at radius 2 is 1.44 bits per heavy atom. The fourth-order valence-electron chi connectivity index (χ4n) is 2.48. The summed E-state index contributed by atoms with van der Waals surface area (Å²) in [6.07, 6.45) is -0.196. The quantitative estimate of drug-likeness (QED) is 0.282. The summed E-state index contributed by atoms with van der Waals surface area (Å²) in [5, 5.41) is 26.9. The second kappa shape index (κ2) is 8.12. The van der Waals surface area contributed by atoms with E-state index in [1.807, 2.05) is 5.48 Å². The average Bonchev–Trinajstić information content (AvgIpc) is 2.74. The number of nitrogen functional groups attached to an aromatic ring is 1. The zero-order valence-electron chi connectivity index (χ0n) is 13.7. The van der Waals surface area contributed by atoms with Crippen molar-refractivity contribution < 1.29 is 39.4 Å². The summed E-state index contributed by atoms with van der Waals surface area (Å²) in [5.74, 6) is -4.22. The zero-order chi connectivity index (χ0) is 20.1. The molecule has 2 aliphatic carbocycles. The van der Waals surface area contributed by atoms with Crippen LogP contribution in [-0.4, -0.2) is 45.8 Å². The third-order valence-electron chi connectivity index (χ3n) is 3.60. The molecule has 0 atom stereocenters. The topological polar surface area (TPSA) is 188 Å². The van der Waals surface area contributed by atoms with Crippen LogP contribution in [0.5, 0.6) is 0 Å². The molecule has 0 radical (unpaired) electrons. The van der Waals surface area contributed by atoms with Crippen LogP contribution in [0, 0.1) is 0 Å². The Hall–Kier alpha value is -3.70. The van der Waals surface area contributed by atoms with Crippen LogP contribution in [-0.2, 0) is 20.8 Å². The minimum absolute atomic E-state index is 0.125. The average molecular weight is 377 g/mol. The lowest BCUT2D eigenvalue weighted by molar-refractivity contribution is -0.143. The molecule has 2 rings (SSSR count). The Morgan fingerprint density at radius 1 is 0.926 bits per heavy atom. The molecule has 0 aromatic rings. The number of carboxylic acids is 2. The first-order chi connectivity index (χ1) is 12.8. The number of rotatable bonds is 7. The van der Waals surface area contributed by atoms with Gasteiger partial charge in [-0.1, -0.05) is 24.3 Å².